The van der Waals surface area contributed by atoms with Crippen LogP contribution < -0.4 is 10.6 Å². The van der Waals surface area contributed by atoms with Gasteiger partial charge in [-0.1, -0.05) is 35.5 Å². The number of hydrogen-bond acceptors (Lipinski definition) is 4. The molecule has 130 valence electrons. The summed E-state index contributed by atoms with van der Waals surface area (Å²) >= 11 is 0. The normalized spacial score (nSPS) is 11.5. The van der Waals surface area contributed by atoms with Crippen molar-refractivity contribution in [1.82, 2.24) is 15.8 Å². The van der Waals surface area contributed by atoms with Crippen molar-refractivity contribution in [3.05, 3.63) is 42.1 Å². The van der Waals surface area contributed by atoms with Crippen LogP contribution in [0.4, 0.5) is 0 Å². The Morgan fingerprint density at radius 3 is 2.79 bits per heavy atom. The topological polar surface area (TPSA) is 71.7 Å². The highest BCUT2D eigenvalue weighted by molar-refractivity contribution is 5.79. The van der Waals surface area contributed by atoms with Crippen molar-refractivity contribution in [1.29, 1.82) is 0 Å². The summed E-state index contributed by atoms with van der Waals surface area (Å²) in [5.74, 6) is 1.54. The van der Waals surface area contributed by atoms with Crippen molar-refractivity contribution >= 4 is 5.96 Å². The van der Waals surface area contributed by atoms with E-state index in [2.05, 4.69) is 20.8 Å². The Balaban J connectivity index is 1.87. The second-order valence-corrected chi connectivity index (χ2v) is 5.22. The molecular weight excluding hydrogens is 304 g/mol. The van der Waals surface area contributed by atoms with Gasteiger partial charge in [0.15, 0.2) is 11.7 Å². The molecule has 0 aliphatic heterocycles. The van der Waals surface area contributed by atoms with E-state index in [0.29, 0.717) is 6.54 Å². The van der Waals surface area contributed by atoms with Gasteiger partial charge < -0.3 is 19.9 Å². The Kier molecular flexibility index (Phi) is 7.83. The number of guanidine groups is 1. The van der Waals surface area contributed by atoms with Gasteiger partial charge in [-0.25, -0.2) is 4.99 Å². The Hall–Kier alpha value is -2.34. The summed E-state index contributed by atoms with van der Waals surface area (Å²) in [6.07, 6.45) is 0.945. The Bertz CT molecular complexity index is 610. The van der Waals surface area contributed by atoms with E-state index in [1.54, 1.807) is 0 Å². The van der Waals surface area contributed by atoms with E-state index in [4.69, 9.17) is 9.26 Å². The first-order chi connectivity index (χ1) is 11.8. The third-order valence-corrected chi connectivity index (χ3v) is 3.32. The molecule has 0 fully saturated rings. The molecule has 0 atom stereocenters. The van der Waals surface area contributed by atoms with Gasteiger partial charge in [-0.15, -0.1) is 0 Å². The van der Waals surface area contributed by atoms with Gasteiger partial charge in [0.25, 0.3) is 0 Å². The number of rotatable bonds is 9. The third-order valence-electron chi connectivity index (χ3n) is 3.32. The number of aliphatic imine (C=N–C) groups is 1. The van der Waals surface area contributed by atoms with Crippen LogP contribution in [0.3, 0.4) is 0 Å². The highest BCUT2D eigenvalue weighted by Crippen LogP contribution is 2.19. The maximum absolute atomic E-state index is 5.39. The molecule has 0 aliphatic carbocycles. The molecule has 2 N–H and O–H groups in total. The van der Waals surface area contributed by atoms with Crippen molar-refractivity contribution < 1.29 is 9.26 Å². The lowest BCUT2D eigenvalue weighted by Gasteiger charge is -2.10. The van der Waals surface area contributed by atoms with Crippen molar-refractivity contribution in [2.45, 2.75) is 26.8 Å². The first-order valence-electron chi connectivity index (χ1n) is 8.44. The van der Waals surface area contributed by atoms with Crippen molar-refractivity contribution in [3.8, 4) is 11.3 Å². The molecule has 0 spiro atoms. The van der Waals surface area contributed by atoms with E-state index >= 15 is 0 Å². The highest BCUT2D eigenvalue weighted by atomic mass is 16.5. The molecular formula is C18H26N4O2. The van der Waals surface area contributed by atoms with E-state index in [1.165, 1.54) is 0 Å². The number of benzene rings is 1. The second kappa shape index (κ2) is 10.4. The zero-order valence-corrected chi connectivity index (χ0v) is 14.4. The van der Waals surface area contributed by atoms with Crippen molar-refractivity contribution in [2.75, 3.05) is 26.3 Å². The van der Waals surface area contributed by atoms with Crippen LogP contribution in [0, 0.1) is 0 Å². The fourth-order valence-corrected chi connectivity index (χ4v) is 2.15. The van der Waals surface area contributed by atoms with Crippen LogP contribution in [-0.2, 0) is 11.3 Å². The lowest BCUT2D eigenvalue weighted by atomic mass is 10.2. The first kappa shape index (κ1) is 18.0. The molecule has 0 saturated heterocycles. The molecule has 0 aliphatic rings. The average Bonchev–Trinajstić information content (AvgIpc) is 3.09. The van der Waals surface area contributed by atoms with E-state index < -0.39 is 0 Å². The lowest BCUT2D eigenvalue weighted by molar-refractivity contribution is 0.145. The molecule has 24 heavy (non-hydrogen) atoms. The first-order valence-corrected chi connectivity index (χ1v) is 8.44. The molecule has 0 unspecified atom stereocenters. The minimum absolute atomic E-state index is 0.469. The molecule has 2 rings (SSSR count). The van der Waals surface area contributed by atoms with Crippen LogP contribution in [0.25, 0.3) is 11.3 Å². The van der Waals surface area contributed by atoms with Crippen LogP contribution >= 0.6 is 0 Å². The number of ether oxygens (including phenoxy) is 1. The fourth-order valence-electron chi connectivity index (χ4n) is 2.15. The van der Waals surface area contributed by atoms with Crippen LogP contribution in [0.5, 0.6) is 0 Å². The molecule has 1 aromatic carbocycles. The zero-order chi connectivity index (χ0) is 17.0. The summed E-state index contributed by atoms with van der Waals surface area (Å²) in [7, 11) is 0. The summed E-state index contributed by atoms with van der Waals surface area (Å²) in [5.41, 5.74) is 1.82. The minimum atomic E-state index is 0.469. The number of nitrogens with one attached hydrogen (secondary N) is 2. The van der Waals surface area contributed by atoms with Gasteiger partial charge in [0.05, 0.1) is 6.54 Å². The monoisotopic (exact) mass is 330 g/mol. The van der Waals surface area contributed by atoms with Gasteiger partial charge in [0.1, 0.15) is 5.69 Å². The van der Waals surface area contributed by atoms with E-state index in [9.17, 15) is 0 Å². The molecule has 1 aromatic heterocycles. The van der Waals surface area contributed by atoms with Gasteiger partial charge >= 0.3 is 0 Å². The number of nitrogens with zero attached hydrogens (tertiary/aromatic N) is 2. The predicted molar refractivity (Wildman–Crippen MR) is 95.9 cm³/mol. The summed E-state index contributed by atoms with van der Waals surface area (Å²) in [5, 5.41) is 10.6. The number of aromatic nitrogens is 1. The minimum Gasteiger partial charge on any atom is -0.382 e. The SMILES string of the molecule is CCNC(=NCc1cc(-c2ccccc2)on1)NCCCOCC. The average molecular weight is 330 g/mol. The standard InChI is InChI=1S/C18H26N4O2/c1-3-19-18(20-11-8-12-23-4-2)21-14-16-13-17(24-22-16)15-9-6-5-7-10-15/h5-7,9-10,13H,3-4,8,11-12,14H2,1-2H3,(H2,19,20,21). The van der Waals surface area contributed by atoms with Crippen LogP contribution in [0.2, 0.25) is 0 Å². The maximum atomic E-state index is 5.39. The Labute approximate surface area is 143 Å². The summed E-state index contributed by atoms with van der Waals surface area (Å²) in [4.78, 5) is 4.54. The molecule has 0 radical (unpaired) electrons. The van der Waals surface area contributed by atoms with Gasteiger partial charge in [0.2, 0.25) is 0 Å². The van der Waals surface area contributed by atoms with Gasteiger partial charge in [-0.2, -0.15) is 0 Å². The Morgan fingerprint density at radius 2 is 2.04 bits per heavy atom. The van der Waals surface area contributed by atoms with Crippen molar-refractivity contribution in [2.24, 2.45) is 4.99 Å². The Morgan fingerprint density at radius 1 is 1.21 bits per heavy atom. The lowest BCUT2D eigenvalue weighted by Crippen LogP contribution is -2.38. The predicted octanol–water partition coefficient (Wildman–Crippen LogP) is 2.82. The molecule has 0 amide bonds. The molecule has 1 heterocycles. The number of hydrogen-bond donors (Lipinski definition) is 2. The summed E-state index contributed by atoms with van der Waals surface area (Å²) < 4.78 is 10.7. The van der Waals surface area contributed by atoms with Gasteiger partial charge in [-0.05, 0) is 20.3 Å². The van der Waals surface area contributed by atoms with Crippen molar-refractivity contribution in [3.63, 3.8) is 0 Å². The van der Waals surface area contributed by atoms with Crippen LogP contribution in [0.1, 0.15) is 26.0 Å². The molecule has 6 heteroatoms. The van der Waals surface area contributed by atoms with Gasteiger partial charge in [-0.3, -0.25) is 0 Å². The summed E-state index contributed by atoms with van der Waals surface area (Å²) in [6, 6.07) is 11.9. The fraction of sp³-hybridized carbons (Fsp3) is 0.444. The second-order valence-electron chi connectivity index (χ2n) is 5.22. The largest absolute Gasteiger partial charge is 0.382 e. The van der Waals surface area contributed by atoms with Crippen LogP contribution in [0.15, 0.2) is 45.9 Å². The summed E-state index contributed by atoms with van der Waals surface area (Å²) in [6.45, 7) is 7.65. The van der Waals surface area contributed by atoms with Gasteiger partial charge in [0, 0.05) is 37.9 Å². The quantitative estimate of drug-likeness (QED) is 0.420. The molecule has 2 aromatic rings. The smallest absolute Gasteiger partial charge is 0.191 e. The third kappa shape index (κ3) is 6.04. The highest BCUT2D eigenvalue weighted by Gasteiger charge is 2.06. The molecule has 0 saturated carbocycles. The van der Waals surface area contributed by atoms with E-state index in [1.807, 2.05) is 50.2 Å². The van der Waals surface area contributed by atoms with E-state index in [0.717, 1.165) is 55.7 Å². The molecule has 0 bridgehead atoms. The van der Waals surface area contributed by atoms with E-state index in [-0.39, 0.29) is 0 Å². The van der Waals surface area contributed by atoms with Crippen LogP contribution in [-0.4, -0.2) is 37.4 Å². The zero-order valence-electron chi connectivity index (χ0n) is 14.4. The molecule has 6 nitrogen and oxygen atoms in total. The maximum Gasteiger partial charge on any atom is 0.191 e.